The first kappa shape index (κ1) is 19.9. The molecule has 1 fully saturated rings. The molecule has 0 aliphatic carbocycles. The number of methoxy groups -OCH3 is 1. The van der Waals surface area contributed by atoms with Gasteiger partial charge in [0.2, 0.25) is 0 Å². The standard InChI is InChI=1S/C20H17IN2O5/c1-10-4-5-14(6-11(10)2)23-19(26)15(18(25)22-20(23)27)8-12-7-13(21)9-16(28-3)17(12)24/h4-9,24H,1-3H3,(H,22,25,27)/b15-8+. The Bertz CT molecular complexity index is 1050. The second kappa shape index (κ2) is 7.63. The van der Waals surface area contributed by atoms with Gasteiger partial charge < -0.3 is 9.84 Å². The van der Waals surface area contributed by atoms with Crippen LogP contribution in [0, 0.1) is 17.4 Å². The van der Waals surface area contributed by atoms with Crippen LogP contribution in [0.4, 0.5) is 10.5 Å². The summed E-state index contributed by atoms with van der Waals surface area (Å²) in [7, 11) is 1.40. The van der Waals surface area contributed by atoms with Crippen molar-refractivity contribution >= 4 is 52.2 Å². The summed E-state index contributed by atoms with van der Waals surface area (Å²) in [5.41, 5.74) is 2.24. The number of nitrogens with one attached hydrogen (secondary N) is 1. The first-order valence-electron chi connectivity index (χ1n) is 8.28. The van der Waals surface area contributed by atoms with E-state index in [0.29, 0.717) is 5.69 Å². The Morgan fingerprint density at radius 1 is 1.11 bits per heavy atom. The van der Waals surface area contributed by atoms with Crippen molar-refractivity contribution < 1.29 is 24.2 Å². The number of amides is 4. The van der Waals surface area contributed by atoms with Crippen LogP contribution >= 0.6 is 22.6 Å². The average molecular weight is 492 g/mol. The monoisotopic (exact) mass is 492 g/mol. The fourth-order valence-corrected chi connectivity index (χ4v) is 3.39. The molecular weight excluding hydrogens is 475 g/mol. The Morgan fingerprint density at radius 2 is 1.82 bits per heavy atom. The van der Waals surface area contributed by atoms with Crippen LogP contribution in [0.25, 0.3) is 6.08 Å². The molecule has 1 heterocycles. The van der Waals surface area contributed by atoms with E-state index < -0.39 is 17.8 Å². The van der Waals surface area contributed by atoms with Gasteiger partial charge in [0.1, 0.15) is 5.57 Å². The van der Waals surface area contributed by atoms with Crippen molar-refractivity contribution in [3.05, 3.63) is 56.2 Å². The van der Waals surface area contributed by atoms with Gasteiger partial charge in [-0.25, -0.2) is 9.69 Å². The molecule has 0 unspecified atom stereocenters. The van der Waals surface area contributed by atoms with Crippen molar-refractivity contribution in [1.82, 2.24) is 5.32 Å². The number of ether oxygens (including phenoxy) is 1. The van der Waals surface area contributed by atoms with Gasteiger partial charge in [-0.05, 0) is 77.9 Å². The van der Waals surface area contributed by atoms with E-state index in [-0.39, 0.29) is 22.6 Å². The van der Waals surface area contributed by atoms with Crippen LogP contribution < -0.4 is 15.0 Å². The molecule has 1 aliphatic heterocycles. The SMILES string of the molecule is COc1cc(I)cc(/C=C2\C(=O)NC(=O)N(c3ccc(C)c(C)c3)C2=O)c1O. The largest absolute Gasteiger partial charge is 0.504 e. The van der Waals surface area contributed by atoms with Crippen LogP contribution in [0.2, 0.25) is 0 Å². The minimum absolute atomic E-state index is 0.203. The molecule has 28 heavy (non-hydrogen) atoms. The fourth-order valence-electron chi connectivity index (χ4n) is 2.77. The predicted molar refractivity (Wildman–Crippen MR) is 112 cm³/mol. The third-order valence-corrected chi connectivity index (χ3v) is 5.06. The third kappa shape index (κ3) is 3.59. The maximum absolute atomic E-state index is 13.0. The molecule has 144 valence electrons. The van der Waals surface area contributed by atoms with Crippen LogP contribution in [0.1, 0.15) is 16.7 Å². The molecule has 0 aromatic heterocycles. The molecule has 2 aromatic carbocycles. The Hall–Kier alpha value is -2.88. The number of aryl methyl sites for hydroxylation is 2. The Morgan fingerprint density at radius 3 is 2.46 bits per heavy atom. The molecular formula is C20H17IN2O5. The van der Waals surface area contributed by atoms with Gasteiger partial charge in [0.05, 0.1) is 12.8 Å². The Labute approximate surface area is 175 Å². The van der Waals surface area contributed by atoms with Gasteiger partial charge in [-0.15, -0.1) is 0 Å². The number of imide groups is 2. The van der Waals surface area contributed by atoms with Crippen molar-refractivity contribution in [3.63, 3.8) is 0 Å². The maximum atomic E-state index is 13.0. The number of carbonyl (C=O) groups excluding carboxylic acids is 3. The van der Waals surface area contributed by atoms with Crippen LogP contribution in [0.3, 0.4) is 0 Å². The lowest BCUT2D eigenvalue weighted by atomic mass is 10.0. The fraction of sp³-hybridized carbons (Fsp3) is 0.150. The molecule has 2 aromatic rings. The lowest BCUT2D eigenvalue weighted by Gasteiger charge is -2.27. The minimum Gasteiger partial charge on any atom is -0.504 e. The van der Waals surface area contributed by atoms with E-state index in [4.69, 9.17) is 4.74 Å². The first-order valence-corrected chi connectivity index (χ1v) is 9.36. The van der Waals surface area contributed by atoms with Crippen molar-refractivity contribution in [2.75, 3.05) is 12.0 Å². The molecule has 0 bridgehead atoms. The number of halogens is 1. The van der Waals surface area contributed by atoms with E-state index in [1.165, 1.54) is 13.2 Å². The highest BCUT2D eigenvalue weighted by atomic mass is 127. The average Bonchev–Trinajstić information content (AvgIpc) is 2.63. The summed E-state index contributed by atoms with van der Waals surface area (Å²) in [6.07, 6.45) is 1.25. The predicted octanol–water partition coefficient (Wildman–Crippen LogP) is 3.29. The van der Waals surface area contributed by atoms with Gasteiger partial charge in [-0.2, -0.15) is 0 Å². The Kier molecular flexibility index (Phi) is 5.41. The highest BCUT2D eigenvalue weighted by Crippen LogP contribution is 2.34. The quantitative estimate of drug-likeness (QED) is 0.390. The number of hydrogen-bond donors (Lipinski definition) is 2. The number of rotatable bonds is 3. The van der Waals surface area contributed by atoms with E-state index in [1.807, 2.05) is 36.4 Å². The number of aromatic hydroxyl groups is 1. The number of barbiturate groups is 1. The van der Waals surface area contributed by atoms with E-state index in [1.54, 1.807) is 30.3 Å². The summed E-state index contributed by atoms with van der Waals surface area (Å²) >= 11 is 2.03. The molecule has 8 heteroatoms. The molecule has 3 rings (SSSR count). The molecule has 0 saturated carbocycles. The zero-order chi connectivity index (χ0) is 20.6. The summed E-state index contributed by atoms with van der Waals surface area (Å²) < 4.78 is 5.85. The molecule has 0 spiro atoms. The molecule has 4 amide bonds. The van der Waals surface area contributed by atoms with Gasteiger partial charge in [0, 0.05) is 9.13 Å². The second-order valence-electron chi connectivity index (χ2n) is 6.27. The van der Waals surface area contributed by atoms with E-state index in [9.17, 15) is 19.5 Å². The Balaban J connectivity index is 2.09. The zero-order valence-corrected chi connectivity index (χ0v) is 17.5. The van der Waals surface area contributed by atoms with Crippen LogP contribution in [0.15, 0.2) is 35.9 Å². The van der Waals surface area contributed by atoms with Gasteiger partial charge in [-0.3, -0.25) is 14.9 Å². The normalized spacial score (nSPS) is 15.8. The molecule has 2 N–H and O–H groups in total. The number of anilines is 1. The number of carbonyl (C=O) groups is 3. The van der Waals surface area contributed by atoms with Crippen molar-refractivity contribution in [2.45, 2.75) is 13.8 Å². The number of nitrogens with zero attached hydrogens (tertiary/aromatic N) is 1. The van der Waals surface area contributed by atoms with Crippen LogP contribution in [-0.2, 0) is 9.59 Å². The molecule has 0 radical (unpaired) electrons. The zero-order valence-electron chi connectivity index (χ0n) is 15.4. The maximum Gasteiger partial charge on any atom is 0.335 e. The van der Waals surface area contributed by atoms with E-state index in [0.717, 1.165) is 19.6 Å². The van der Waals surface area contributed by atoms with Gasteiger partial charge in [-0.1, -0.05) is 6.07 Å². The van der Waals surface area contributed by atoms with Crippen molar-refractivity contribution in [1.29, 1.82) is 0 Å². The topological polar surface area (TPSA) is 95.9 Å². The van der Waals surface area contributed by atoms with Gasteiger partial charge in [0.15, 0.2) is 11.5 Å². The lowest BCUT2D eigenvalue weighted by molar-refractivity contribution is -0.122. The van der Waals surface area contributed by atoms with Gasteiger partial charge in [0.25, 0.3) is 11.8 Å². The first-order chi connectivity index (χ1) is 13.2. The number of benzene rings is 2. The minimum atomic E-state index is -0.827. The smallest absolute Gasteiger partial charge is 0.335 e. The number of urea groups is 1. The summed E-state index contributed by atoms with van der Waals surface area (Å²) in [4.78, 5) is 38.5. The highest BCUT2D eigenvalue weighted by molar-refractivity contribution is 14.1. The van der Waals surface area contributed by atoms with E-state index in [2.05, 4.69) is 5.32 Å². The summed E-state index contributed by atoms with van der Waals surface area (Å²) in [5, 5.41) is 12.5. The molecule has 1 saturated heterocycles. The number of phenolic OH excluding ortho intramolecular Hbond substituents is 1. The summed E-state index contributed by atoms with van der Waals surface area (Å²) in [6, 6.07) is 7.53. The third-order valence-electron chi connectivity index (χ3n) is 4.44. The number of hydrogen-bond acceptors (Lipinski definition) is 5. The van der Waals surface area contributed by atoms with Crippen molar-refractivity contribution in [2.24, 2.45) is 0 Å². The molecule has 1 aliphatic rings. The lowest BCUT2D eigenvalue weighted by Crippen LogP contribution is -2.54. The number of phenols is 1. The van der Waals surface area contributed by atoms with Crippen LogP contribution in [-0.4, -0.2) is 30.1 Å². The highest BCUT2D eigenvalue weighted by Gasteiger charge is 2.37. The van der Waals surface area contributed by atoms with Crippen molar-refractivity contribution in [3.8, 4) is 11.5 Å². The van der Waals surface area contributed by atoms with Crippen LogP contribution in [0.5, 0.6) is 11.5 Å². The summed E-state index contributed by atoms with van der Waals surface area (Å²) in [5.74, 6) is -1.59. The molecule has 0 atom stereocenters. The van der Waals surface area contributed by atoms with E-state index >= 15 is 0 Å². The van der Waals surface area contributed by atoms with Gasteiger partial charge >= 0.3 is 6.03 Å². The second-order valence-corrected chi connectivity index (χ2v) is 7.52. The molecule has 7 nitrogen and oxygen atoms in total. The summed E-state index contributed by atoms with van der Waals surface area (Å²) in [6.45, 7) is 3.78.